The number of carbonyl (C=O) groups excluding carboxylic acids is 1. The summed E-state index contributed by atoms with van der Waals surface area (Å²) in [6.45, 7) is 5.13. The van der Waals surface area contributed by atoms with E-state index in [4.69, 9.17) is 16.3 Å². The number of nitrogens with zero attached hydrogens (tertiary/aromatic N) is 1. The van der Waals surface area contributed by atoms with Crippen molar-refractivity contribution < 1.29 is 17.9 Å². The van der Waals surface area contributed by atoms with Gasteiger partial charge < -0.3 is 10.1 Å². The molecular formula is C21H25ClN2O4S. The van der Waals surface area contributed by atoms with Crippen LogP contribution in [0.2, 0.25) is 5.02 Å². The van der Waals surface area contributed by atoms with E-state index < -0.39 is 10.0 Å². The molecule has 1 saturated heterocycles. The van der Waals surface area contributed by atoms with Crippen molar-refractivity contribution in [2.24, 2.45) is 0 Å². The maximum Gasteiger partial charge on any atom is 0.251 e. The van der Waals surface area contributed by atoms with Crippen LogP contribution in [0.5, 0.6) is 0 Å². The number of amides is 1. The van der Waals surface area contributed by atoms with E-state index in [2.05, 4.69) is 5.32 Å². The molecule has 2 aromatic carbocycles. The molecule has 0 aromatic heterocycles. The fourth-order valence-corrected chi connectivity index (χ4v) is 5.22. The zero-order valence-electron chi connectivity index (χ0n) is 16.5. The van der Waals surface area contributed by atoms with Gasteiger partial charge in [0.05, 0.1) is 24.2 Å². The number of ether oxygens (including phenoxy) is 1. The summed E-state index contributed by atoms with van der Waals surface area (Å²) in [5.41, 5.74) is 1.87. The van der Waals surface area contributed by atoms with Crippen LogP contribution >= 0.6 is 11.6 Å². The van der Waals surface area contributed by atoms with Gasteiger partial charge in [-0.05, 0) is 48.7 Å². The first kappa shape index (κ1) is 21.8. The predicted octanol–water partition coefficient (Wildman–Crippen LogP) is 3.41. The van der Waals surface area contributed by atoms with E-state index in [1.165, 1.54) is 10.4 Å². The van der Waals surface area contributed by atoms with Crippen LogP contribution in [0.15, 0.2) is 47.4 Å². The third-order valence-electron chi connectivity index (χ3n) is 4.99. The summed E-state index contributed by atoms with van der Waals surface area (Å²) in [6, 6.07) is 11.8. The lowest BCUT2D eigenvalue weighted by molar-refractivity contribution is 0.0730. The number of aryl methyl sites for hydroxylation is 1. The largest absolute Gasteiger partial charge is 0.379 e. The average Bonchev–Trinajstić information content (AvgIpc) is 2.73. The van der Waals surface area contributed by atoms with E-state index in [0.29, 0.717) is 48.9 Å². The predicted molar refractivity (Wildman–Crippen MR) is 113 cm³/mol. The number of carbonyl (C=O) groups is 1. The van der Waals surface area contributed by atoms with E-state index >= 15 is 0 Å². The minimum absolute atomic E-state index is 0.185. The van der Waals surface area contributed by atoms with E-state index in [0.717, 1.165) is 5.56 Å². The summed E-state index contributed by atoms with van der Waals surface area (Å²) in [6.07, 6.45) is 0.555. The number of halogens is 1. The molecule has 0 bridgehead atoms. The number of nitrogens with one attached hydrogen (secondary N) is 1. The molecule has 1 N–H and O–H groups in total. The van der Waals surface area contributed by atoms with Gasteiger partial charge in [0, 0.05) is 23.7 Å². The van der Waals surface area contributed by atoms with Crippen molar-refractivity contribution in [3.05, 3.63) is 64.2 Å². The van der Waals surface area contributed by atoms with E-state index in [9.17, 15) is 13.2 Å². The molecule has 1 aliphatic heterocycles. The first-order valence-corrected chi connectivity index (χ1v) is 11.4. The Kier molecular flexibility index (Phi) is 6.95. The molecule has 3 rings (SSSR count). The number of hydrogen-bond acceptors (Lipinski definition) is 4. The van der Waals surface area contributed by atoms with Crippen LogP contribution in [0.3, 0.4) is 0 Å². The van der Waals surface area contributed by atoms with Crippen molar-refractivity contribution in [3.63, 3.8) is 0 Å². The molecule has 156 valence electrons. The molecule has 0 spiro atoms. The summed E-state index contributed by atoms with van der Waals surface area (Å²) in [7, 11) is -3.69. The van der Waals surface area contributed by atoms with Crippen LogP contribution in [0.25, 0.3) is 0 Å². The summed E-state index contributed by atoms with van der Waals surface area (Å²) < 4.78 is 33.0. The van der Waals surface area contributed by atoms with Crippen molar-refractivity contribution in [2.75, 3.05) is 26.3 Å². The summed E-state index contributed by atoms with van der Waals surface area (Å²) in [5.74, 6) is -0.335. The Hall–Kier alpha value is -1.93. The highest BCUT2D eigenvalue weighted by atomic mass is 35.5. The Balaban J connectivity index is 1.86. The van der Waals surface area contributed by atoms with Crippen molar-refractivity contribution in [1.29, 1.82) is 0 Å². The molecule has 29 heavy (non-hydrogen) atoms. The van der Waals surface area contributed by atoms with Gasteiger partial charge in [0.1, 0.15) is 0 Å². The highest BCUT2D eigenvalue weighted by Crippen LogP contribution is 2.24. The molecule has 0 aliphatic carbocycles. The second kappa shape index (κ2) is 9.26. The maximum atomic E-state index is 13.1. The smallest absolute Gasteiger partial charge is 0.251 e. The Labute approximate surface area is 176 Å². The topological polar surface area (TPSA) is 75.7 Å². The van der Waals surface area contributed by atoms with Crippen LogP contribution in [0.1, 0.15) is 41.4 Å². The minimum atomic E-state index is -3.69. The monoisotopic (exact) mass is 436 g/mol. The second-order valence-corrected chi connectivity index (χ2v) is 9.29. The van der Waals surface area contributed by atoms with Gasteiger partial charge >= 0.3 is 0 Å². The zero-order chi connectivity index (χ0) is 21.0. The van der Waals surface area contributed by atoms with Crippen molar-refractivity contribution >= 4 is 27.5 Å². The lowest BCUT2D eigenvalue weighted by Crippen LogP contribution is -2.41. The molecule has 0 radical (unpaired) electrons. The Bertz CT molecular complexity index is 988. The van der Waals surface area contributed by atoms with Gasteiger partial charge in [-0.2, -0.15) is 4.31 Å². The number of benzene rings is 2. The van der Waals surface area contributed by atoms with E-state index in [-0.39, 0.29) is 16.8 Å². The average molecular weight is 437 g/mol. The molecule has 1 atom stereocenters. The van der Waals surface area contributed by atoms with Gasteiger partial charge in [0.25, 0.3) is 5.91 Å². The third kappa shape index (κ3) is 4.98. The van der Waals surface area contributed by atoms with Gasteiger partial charge in [-0.1, -0.05) is 36.7 Å². The highest BCUT2D eigenvalue weighted by Gasteiger charge is 2.29. The molecule has 1 unspecified atom stereocenters. The normalized spacial score (nSPS) is 16.4. The number of hydrogen-bond donors (Lipinski definition) is 1. The summed E-state index contributed by atoms with van der Waals surface area (Å²) in [4.78, 5) is 13.0. The van der Waals surface area contributed by atoms with Crippen LogP contribution in [-0.2, 0) is 21.2 Å². The Morgan fingerprint density at radius 3 is 2.59 bits per heavy atom. The molecular weight excluding hydrogens is 412 g/mol. The zero-order valence-corrected chi connectivity index (χ0v) is 18.1. The lowest BCUT2D eigenvalue weighted by atomic mass is 10.1. The standard InChI is InChI=1S/C21H25ClN2O4S/c1-3-16-7-8-18(14-20(16)29(26,27)24-9-11-28-12-10-24)21(25)23-15(2)17-5-4-6-19(22)13-17/h4-8,13-15H,3,9-12H2,1-2H3,(H,23,25). The maximum absolute atomic E-state index is 13.1. The van der Waals surface area contributed by atoms with Crippen LogP contribution in [0, 0.1) is 0 Å². The molecule has 1 fully saturated rings. The molecule has 8 heteroatoms. The molecule has 6 nitrogen and oxygen atoms in total. The molecule has 2 aromatic rings. The van der Waals surface area contributed by atoms with E-state index in [1.807, 2.05) is 26.0 Å². The summed E-state index contributed by atoms with van der Waals surface area (Å²) >= 11 is 6.03. The van der Waals surface area contributed by atoms with Crippen molar-refractivity contribution in [2.45, 2.75) is 31.2 Å². The number of sulfonamides is 1. The first-order chi connectivity index (χ1) is 13.8. The van der Waals surface area contributed by atoms with Crippen molar-refractivity contribution in [1.82, 2.24) is 9.62 Å². The second-order valence-electron chi connectivity index (χ2n) is 6.94. The number of morpholine rings is 1. The molecule has 1 aliphatic rings. The van der Waals surface area contributed by atoms with Gasteiger partial charge in [0.2, 0.25) is 10.0 Å². The fourth-order valence-electron chi connectivity index (χ4n) is 3.29. The van der Waals surface area contributed by atoms with E-state index in [1.54, 1.807) is 24.3 Å². The minimum Gasteiger partial charge on any atom is -0.379 e. The quantitative estimate of drug-likeness (QED) is 0.752. The first-order valence-electron chi connectivity index (χ1n) is 9.60. The van der Waals surface area contributed by atoms with Gasteiger partial charge in [0.15, 0.2) is 0 Å². The Morgan fingerprint density at radius 2 is 1.93 bits per heavy atom. The van der Waals surface area contributed by atoms with Gasteiger partial charge in [-0.3, -0.25) is 4.79 Å². The number of rotatable bonds is 6. The summed E-state index contributed by atoms with van der Waals surface area (Å²) in [5, 5.41) is 3.50. The van der Waals surface area contributed by atoms with Gasteiger partial charge in [-0.25, -0.2) is 8.42 Å². The SMILES string of the molecule is CCc1ccc(C(=O)NC(C)c2cccc(Cl)c2)cc1S(=O)(=O)N1CCOCC1. The van der Waals surface area contributed by atoms with Gasteiger partial charge in [-0.15, -0.1) is 0 Å². The van der Waals surface area contributed by atoms with Crippen LogP contribution in [0.4, 0.5) is 0 Å². The third-order valence-corrected chi connectivity index (χ3v) is 7.21. The fraction of sp³-hybridized carbons (Fsp3) is 0.381. The molecule has 0 saturated carbocycles. The molecule has 1 heterocycles. The highest BCUT2D eigenvalue weighted by molar-refractivity contribution is 7.89. The van der Waals surface area contributed by atoms with Crippen molar-refractivity contribution in [3.8, 4) is 0 Å². The lowest BCUT2D eigenvalue weighted by Gasteiger charge is -2.27. The Morgan fingerprint density at radius 1 is 1.21 bits per heavy atom. The molecule has 1 amide bonds. The van der Waals surface area contributed by atoms with Crippen LogP contribution in [-0.4, -0.2) is 44.9 Å². The van der Waals surface area contributed by atoms with Crippen LogP contribution < -0.4 is 5.32 Å².